The van der Waals surface area contributed by atoms with Crippen molar-refractivity contribution in [2.75, 3.05) is 13.7 Å². The lowest BCUT2D eigenvalue weighted by atomic mass is 10.3. The number of aryl methyl sites for hydroxylation is 1. The first-order valence-corrected chi connectivity index (χ1v) is 9.25. The number of aromatic nitrogens is 4. The maximum atomic E-state index is 5.26. The SMILES string of the molecule is COCCn1c(SCc2cn3cccc(C)c3n2)nc2ccccc21. The van der Waals surface area contributed by atoms with E-state index in [0.29, 0.717) is 6.61 Å². The van der Waals surface area contributed by atoms with Crippen molar-refractivity contribution in [3.8, 4) is 0 Å². The van der Waals surface area contributed by atoms with Crippen LogP contribution in [-0.4, -0.2) is 32.7 Å². The topological polar surface area (TPSA) is 44.4 Å². The third-order valence-corrected chi connectivity index (χ3v) is 5.23. The van der Waals surface area contributed by atoms with Gasteiger partial charge in [-0.3, -0.25) is 0 Å². The van der Waals surface area contributed by atoms with Crippen LogP contribution in [0.5, 0.6) is 0 Å². The van der Waals surface area contributed by atoms with Gasteiger partial charge >= 0.3 is 0 Å². The van der Waals surface area contributed by atoms with Crippen molar-refractivity contribution in [2.45, 2.75) is 24.4 Å². The van der Waals surface area contributed by atoms with Crippen molar-refractivity contribution < 1.29 is 4.74 Å². The molecule has 0 atom stereocenters. The van der Waals surface area contributed by atoms with Crippen LogP contribution in [-0.2, 0) is 17.0 Å². The molecule has 25 heavy (non-hydrogen) atoms. The fraction of sp³-hybridized carbons (Fsp3) is 0.263. The lowest BCUT2D eigenvalue weighted by Crippen LogP contribution is -2.05. The summed E-state index contributed by atoms with van der Waals surface area (Å²) in [6.07, 6.45) is 4.13. The summed E-state index contributed by atoms with van der Waals surface area (Å²) in [6.45, 7) is 3.55. The summed E-state index contributed by atoms with van der Waals surface area (Å²) in [5, 5.41) is 1.01. The van der Waals surface area contributed by atoms with Crippen molar-refractivity contribution in [3.63, 3.8) is 0 Å². The maximum Gasteiger partial charge on any atom is 0.169 e. The van der Waals surface area contributed by atoms with E-state index < -0.39 is 0 Å². The van der Waals surface area contributed by atoms with Crippen LogP contribution in [0.25, 0.3) is 16.7 Å². The second kappa shape index (κ2) is 6.90. The summed E-state index contributed by atoms with van der Waals surface area (Å²) in [6, 6.07) is 12.4. The van der Waals surface area contributed by atoms with E-state index in [1.54, 1.807) is 18.9 Å². The first-order valence-electron chi connectivity index (χ1n) is 8.26. The van der Waals surface area contributed by atoms with Crippen molar-refractivity contribution in [1.29, 1.82) is 0 Å². The Labute approximate surface area is 150 Å². The molecule has 0 N–H and O–H groups in total. The van der Waals surface area contributed by atoms with E-state index >= 15 is 0 Å². The Hall–Kier alpha value is -2.31. The zero-order chi connectivity index (χ0) is 17.2. The van der Waals surface area contributed by atoms with E-state index in [1.807, 2.05) is 24.4 Å². The predicted octanol–water partition coefficient (Wildman–Crippen LogP) is 3.93. The Balaban J connectivity index is 1.62. The van der Waals surface area contributed by atoms with Gasteiger partial charge in [-0.2, -0.15) is 0 Å². The Morgan fingerprint density at radius 3 is 2.84 bits per heavy atom. The monoisotopic (exact) mass is 352 g/mol. The summed E-state index contributed by atoms with van der Waals surface area (Å²) in [5.74, 6) is 0.789. The molecular formula is C19H20N4OS. The number of pyridine rings is 1. The first kappa shape index (κ1) is 16.2. The minimum absolute atomic E-state index is 0.668. The first-order chi connectivity index (χ1) is 12.3. The molecule has 0 aliphatic rings. The molecule has 3 heterocycles. The molecule has 5 nitrogen and oxygen atoms in total. The number of nitrogens with zero attached hydrogens (tertiary/aromatic N) is 4. The van der Waals surface area contributed by atoms with Gasteiger partial charge in [0.25, 0.3) is 0 Å². The Morgan fingerprint density at radius 1 is 1.12 bits per heavy atom. The highest BCUT2D eigenvalue weighted by Gasteiger charge is 2.12. The number of hydrogen-bond donors (Lipinski definition) is 0. The zero-order valence-electron chi connectivity index (χ0n) is 14.3. The van der Waals surface area contributed by atoms with E-state index in [1.165, 1.54) is 5.56 Å². The maximum absolute atomic E-state index is 5.26. The molecule has 0 saturated carbocycles. The number of fused-ring (bicyclic) bond motifs is 2. The molecular weight excluding hydrogens is 332 g/mol. The average molecular weight is 352 g/mol. The van der Waals surface area contributed by atoms with Crippen LogP contribution >= 0.6 is 11.8 Å². The number of hydrogen-bond acceptors (Lipinski definition) is 4. The van der Waals surface area contributed by atoms with Gasteiger partial charge in [0, 0.05) is 31.8 Å². The molecule has 4 aromatic rings. The van der Waals surface area contributed by atoms with Crippen molar-refractivity contribution in [3.05, 3.63) is 60.0 Å². The van der Waals surface area contributed by atoms with E-state index in [9.17, 15) is 0 Å². The number of rotatable bonds is 6. The van der Waals surface area contributed by atoms with Gasteiger partial charge in [-0.15, -0.1) is 0 Å². The largest absolute Gasteiger partial charge is 0.383 e. The van der Waals surface area contributed by atoms with Crippen molar-refractivity contribution >= 4 is 28.4 Å². The molecule has 0 fully saturated rings. The fourth-order valence-electron chi connectivity index (χ4n) is 2.97. The van der Waals surface area contributed by atoms with Gasteiger partial charge in [-0.1, -0.05) is 30.0 Å². The molecule has 0 aliphatic carbocycles. The van der Waals surface area contributed by atoms with Crippen LogP contribution in [0.3, 0.4) is 0 Å². The van der Waals surface area contributed by atoms with Gasteiger partial charge in [-0.25, -0.2) is 9.97 Å². The van der Waals surface area contributed by atoms with Crippen LogP contribution in [0.1, 0.15) is 11.3 Å². The highest BCUT2D eigenvalue weighted by Crippen LogP contribution is 2.27. The Morgan fingerprint density at radius 2 is 2.00 bits per heavy atom. The summed E-state index contributed by atoms with van der Waals surface area (Å²) in [7, 11) is 1.73. The highest BCUT2D eigenvalue weighted by atomic mass is 32.2. The van der Waals surface area contributed by atoms with Gasteiger partial charge in [0.1, 0.15) is 5.65 Å². The van der Waals surface area contributed by atoms with E-state index in [4.69, 9.17) is 14.7 Å². The van der Waals surface area contributed by atoms with Crippen LogP contribution < -0.4 is 0 Å². The standard InChI is InChI=1S/C19H20N4OS/c1-14-6-5-9-22-12-15(20-18(14)22)13-25-19-21-16-7-3-4-8-17(16)23(19)10-11-24-2/h3-9,12H,10-11,13H2,1-2H3. The van der Waals surface area contributed by atoms with Gasteiger partial charge in [0.15, 0.2) is 5.16 Å². The minimum Gasteiger partial charge on any atom is -0.383 e. The molecule has 0 spiro atoms. The second-order valence-electron chi connectivity index (χ2n) is 5.97. The predicted molar refractivity (Wildman–Crippen MR) is 101 cm³/mol. The second-order valence-corrected chi connectivity index (χ2v) is 6.91. The molecule has 4 rings (SSSR count). The highest BCUT2D eigenvalue weighted by molar-refractivity contribution is 7.98. The molecule has 0 aliphatic heterocycles. The van der Waals surface area contributed by atoms with Crippen LogP contribution in [0.2, 0.25) is 0 Å². The smallest absolute Gasteiger partial charge is 0.169 e. The van der Waals surface area contributed by atoms with Crippen LogP contribution in [0.4, 0.5) is 0 Å². The lowest BCUT2D eigenvalue weighted by Gasteiger charge is -2.07. The number of para-hydroxylation sites is 2. The number of methoxy groups -OCH3 is 1. The lowest BCUT2D eigenvalue weighted by molar-refractivity contribution is 0.186. The van der Waals surface area contributed by atoms with Gasteiger partial charge in [0.05, 0.1) is 23.3 Å². The van der Waals surface area contributed by atoms with E-state index in [2.05, 4.69) is 40.3 Å². The number of thioether (sulfide) groups is 1. The normalized spacial score (nSPS) is 11.6. The zero-order valence-corrected chi connectivity index (χ0v) is 15.2. The van der Waals surface area contributed by atoms with Crippen molar-refractivity contribution in [1.82, 2.24) is 18.9 Å². The third kappa shape index (κ3) is 3.15. The molecule has 6 heteroatoms. The van der Waals surface area contributed by atoms with Gasteiger partial charge in [0.2, 0.25) is 0 Å². The van der Waals surface area contributed by atoms with E-state index in [0.717, 1.165) is 39.8 Å². The molecule has 0 radical (unpaired) electrons. The quantitative estimate of drug-likeness (QED) is 0.493. The van der Waals surface area contributed by atoms with E-state index in [-0.39, 0.29) is 0 Å². The molecule has 0 amide bonds. The van der Waals surface area contributed by atoms with Gasteiger partial charge in [-0.05, 0) is 30.7 Å². The van der Waals surface area contributed by atoms with Crippen LogP contribution in [0, 0.1) is 6.92 Å². The molecule has 128 valence electrons. The molecule has 0 bridgehead atoms. The van der Waals surface area contributed by atoms with Gasteiger partial charge < -0.3 is 13.7 Å². The fourth-order valence-corrected chi connectivity index (χ4v) is 3.90. The number of benzene rings is 1. The number of ether oxygens (including phenoxy) is 1. The molecule has 3 aromatic heterocycles. The molecule has 1 aromatic carbocycles. The Bertz CT molecular complexity index is 1020. The van der Waals surface area contributed by atoms with Crippen LogP contribution in [0.15, 0.2) is 53.9 Å². The van der Waals surface area contributed by atoms with Crippen molar-refractivity contribution in [2.24, 2.45) is 0 Å². The summed E-state index contributed by atoms with van der Waals surface area (Å²) in [4.78, 5) is 9.54. The minimum atomic E-state index is 0.668. The summed E-state index contributed by atoms with van der Waals surface area (Å²) >= 11 is 1.72. The Kier molecular flexibility index (Phi) is 4.46. The summed E-state index contributed by atoms with van der Waals surface area (Å²) in [5.41, 5.74) is 5.43. The third-order valence-electron chi connectivity index (χ3n) is 4.22. The summed E-state index contributed by atoms with van der Waals surface area (Å²) < 4.78 is 9.57. The number of imidazole rings is 2. The molecule has 0 unspecified atom stereocenters. The molecule has 0 saturated heterocycles. The average Bonchev–Trinajstić information content (AvgIpc) is 3.20.